The number of para-hydroxylation sites is 1. The van der Waals surface area contributed by atoms with E-state index in [1.807, 2.05) is 26.0 Å². The number of hydrogen-bond donors (Lipinski definition) is 2. The van der Waals surface area contributed by atoms with Gasteiger partial charge in [0.05, 0.1) is 11.9 Å². The van der Waals surface area contributed by atoms with Gasteiger partial charge in [-0.15, -0.1) is 0 Å². The second kappa shape index (κ2) is 7.31. The number of amides is 1. The molecule has 0 aliphatic rings. The average Bonchev–Trinajstić information content (AvgIpc) is 2.62. The summed E-state index contributed by atoms with van der Waals surface area (Å²) in [7, 11) is 0. The first kappa shape index (κ1) is 17.5. The van der Waals surface area contributed by atoms with Gasteiger partial charge in [-0.1, -0.05) is 12.1 Å². The molecule has 3 aromatic rings. The molecule has 2 N–H and O–H groups in total. The first-order valence-corrected chi connectivity index (χ1v) is 8.00. The highest BCUT2D eigenvalue weighted by molar-refractivity contribution is 6.04. The van der Waals surface area contributed by atoms with Gasteiger partial charge in [-0.2, -0.15) is 0 Å². The number of carbonyl (C=O) groups is 1. The SMILES string of the molecule is Cc1ccc(C(=O)Nc2ccc(Nc3c(F)cccc3F)nc2)cc1C. The first-order valence-electron chi connectivity index (χ1n) is 8.00. The zero-order chi connectivity index (χ0) is 18.7. The lowest BCUT2D eigenvalue weighted by Crippen LogP contribution is -2.12. The summed E-state index contributed by atoms with van der Waals surface area (Å²) in [6.07, 6.45) is 1.42. The molecule has 26 heavy (non-hydrogen) atoms. The lowest BCUT2D eigenvalue weighted by Gasteiger charge is -2.10. The molecular weight excluding hydrogens is 336 g/mol. The third kappa shape index (κ3) is 3.85. The largest absolute Gasteiger partial charge is 0.335 e. The Morgan fingerprint density at radius 2 is 1.69 bits per heavy atom. The van der Waals surface area contributed by atoms with Gasteiger partial charge in [0.25, 0.3) is 5.91 Å². The predicted molar refractivity (Wildman–Crippen MR) is 97.7 cm³/mol. The van der Waals surface area contributed by atoms with Crippen LogP contribution in [0, 0.1) is 25.5 Å². The number of aryl methyl sites for hydroxylation is 2. The van der Waals surface area contributed by atoms with Gasteiger partial charge >= 0.3 is 0 Å². The molecule has 0 fully saturated rings. The van der Waals surface area contributed by atoms with Crippen molar-refractivity contribution in [3.05, 3.63) is 83.1 Å². The number of rotatable bonds is 4. The summed E-state index contributed by atoms with van der Waals surface area (Å²) in [4.78, 5) is 16.4. The van der Waals surface area contributed by atoms with Gasteiger partial charge in [-0.25, -0.2) is 13.8 Å². The minimum atomic E-state index is -0.709. The van der Waals surface area contributed by atoms with Crippen LogP contribution in [-0.4, -0.2) is 10.9 Å². The minimum absolute atomic E-state index is 0.254. The predicted octanol–water partition coefficient (Wildman–Crippen LogP) is 4.97. The monoisotopic (exact) mass is 353 g/mol. The van der Waals surface area contributed by atoms with Crippen molar-refractivity contribution in [2.75, 3.05) is 10.6 Å². The molecular formula is C20H17F2N3O. The first-order chi connectivity index (χ1) is 12.4. The van der Waals surface area contributed by atoms with E-state index in [9.17, 15) is 13.6 Å². The Hall–Kier alpha value is -3.28. The van der Waals surface area contributed by atoms with Gasteiger partial charge < -0.3 is 10.6 Å². The highest BCUT2D eigenvalue weighted by Gasteiger charge is 2.10. The molecule has 4 nitrogen and oxygen atoms in total. The molecule has 0 spiro atoms. The number of benzene rings is 2. The standard InChI is InChI=1S/C20H17F2N3O/c1-12-6-7-14(10-13(12)2)20(26)24-15-8-9-18(23-11-15)25-19-16(21)4-3-5-17(19)22/h3-11H,1-2H3,(H,23,25)(H,24,26). The number of hydrogen-bond acceptors (Lipinski definition) is 3. The highest BCUT2D eigenvalue weighted by Crippen LogP contribution is 2.22. The van der Waals surface area contributed by atoms with Crippen molar-refractivity contribution in [1.29, 1.82) is 0 Å². The Morgan fingerprint density at radius 1 is 0.962 bits per heavy atom. The van der Waals surface area contributed by atoms with Crippen LogP contribution < -0.4 is 10.6 Å². The fourth-order valence-corrected chi connectivity index (χ4v) is 2.37. The van der Waals surface area contributed by atoms with Crippen LogP contribution in [0.5, 0.6) is 0 Å². The van der Waals surface area contributed by atoms with Gasteiger partial charge in [0, 0.05) is 5.56 Å². The van der Waals surface area contributed by atoms with Crippen molar-refractivity contribution < 1.29 is 13.6 Å². The Kier molecular flexibility index (Phi) is 4.93. The third-order valence-corrected chi connectivity index (χ3v) is 4.01. The van der Waals surface area contributed by atoms with Crippen molar-refractivity contribution in [2.24, 2.45) is 0 Å². The number of pyridine rings is 1. The Morgan fingerprint density at radius 3 is 2.31 bits per heavy atom. The van der Waals surface area contributed by atoms with Crippen molar-refractivity contribution in [3.8, 4) is 0 Å². The van der Waals surface area contributed by atoms with Crippen LogP contribution in [0.1, 0.15) is 21.5 Å². The Bertz CT molecular complexity index is 936. The van der Waals surface area contributed by atoms with E-state index in [2.05, 4.69) is 15.6 Å². The molecule has 3 rings (SSSR count). The van der Waals surface area contributed by atoms with Crippen LogP contribution >= 0.6 is 0 Å². The fraction of sp³-hybridized carbons (Fsp3) is 0.100. The summed E-state index contributed by atoms with van der Waals surface area (Å²) < 4.78 is 27.3. The van der Waals surface area contributed by atoms with Gasteiger partial charge in [-0.05, 0) is 61.4 Å². The van der Waals surface area contributed by atoms with Gasteiger partial charge in [-0.3, -0.25) is 4.79 Å². The fourth-order valence-electron chi connectivity index (χ4n) is 2.37. The van der Waals surface area contributed by atoms with Gasteiger partial charge in [0.15, 0.2) is 0 Å². The van der Waals surface area contributed by atoms with Crippen LogP contribution in [0.25, 0.3) is 0 Å². The maximum atomic E-state index is 13.6. The quantitative estimate of drug-likeness (QED) is 0.696. The van der Waals surface area contributed by atoms with Crippen LogP contribution in [0.3, 0.4) is 0 Å². The van der Waals surface area contributed by atoms with E-state index in [0.717, 1.165) is 23.3 Å². The van der Waals surface area contributed by atoms with Crippen LogP contribution in [0.4, 0.5) is 26.0 Å². The molecule has 6 heteroatoms. The zero-order valence-electron chi connectivity index (χ0n) is 14.3. The summed E-state index contributed by atoms with van der Waals surface area (Å²) in [6, 6.07) is 12.2. The Balaban J connectivity index is 1.71. The molecule has 0 aliphatic heterocycles. The summed E-state index contributed by atoms with van der Waals surface area (Å²) in [5, 5.41) is 5.33. The molecule has 0 saturated heterocycles. The summed E-state index contributed by atoms with van der Waals surface area (Å²) in [6.45, 7) is 3.92. The molecule has 1 heterocycles. The number of aromatic nitrogens is 1. The van der Waals surface area contributed by atoms with Crippen LogP contribution in [0.2, 0.25) is 0 Å². The van der Waals surface area contributed by atoms with Crippen LogP contribution in [-0.2, 0) is 0 Å². The van der Waals surface area contributed by atoms with E-state index in [0.29, 0.717) is 11.3 Å². The number of carbonyl (C=O) groups excluding carboxylic acids is 1. The van der Waals surface area contributed by atoms with Crippen molar-refractivity contribution in [1.82, 2.24) is 4.98 Å². The van der Waals surface area contributed by atoms with E-state index in [1.54, 1.807) is 12.1 Å². The average molecular weight is 353 g/mol. The molecule has 0 unspecified atom stereocenters. The molecule has 1 aromatic heterocycles. The molecule has 1 amide bonds. The van der Waals surface area contributed by atoms with Crippen molar-refractivity contribution in [2.45, 2.75) is 13.8 Å². The number of anilines is 3. The highest BCUT2D eigenvalue weighted by atomic mass is 19.1. The van der Waals surface area contributed by atoms with Crippen molar-refractivity contribution in [3.63, 3.8) is 0 Å². The summed E-state index contributed by atoms with van der Waals surface area (Å²) in [5.74, 6) is -1.41. The number of halogens is 2. The van der Waals surface area contributed by atoms with E-state index in [4.69, 9.17) is 0 Å². The smallest absolute Gasteiger partial charge is 0.255 e. The minimum Gasteiger partial charge on any atom is -0.335 e. The van der Waals surface area contributed by atoms with Crippen molar-refractivity contribution >= 4 is 23.1 Å². The summed E-state index contributed by atoms with van der Waals surface area (Å²) in [5.41, 5.74) is 2.89. The van der Waals surface area contributed by atoms with Gasteiger partial charge in [0.2, 0.25) is 0 Å². The molecule has 0 saturated carbocycles. The molecule has 2 aromatic carbocycles. The number of nitrogens with one attached hydrogen (secondary N) is 2. The molecule has 0 radical (unpaired) electrons. The molecule has 0 atom stereocenters. The third-order valence-electron chi connectivity index (χ3n) is 4.01. The van der Waals surface area contributed by atoms with Gasteiger partial charge in [0.1, 0.15) is 23.1 Å². The molecule has 132 valence electrons. The lowest BCUT2D eigenvalue weighted by molar-refractivity contribution is 0.102. The maximum Gasteiger partial charge on any atom is 0.255 e. The maximum absolute atomic E-state index is 13.6. The topological polar surface area (TPSA) is 54.0 Å². The normalized spacial score (nSPS) is 10.5. The molecule has 0 aliphatic carbocycles. The van der Waals surface area contributed by atoms with Crippen LogP contribution in [0.15, 0.2) is 54.7 Å². The second-order valence-corrected chi connectivity index (χ2v) is 5.91. The van der Waals surface area contributed by atoms with E-state index in [-0.39, 0.29) is 17.4 Å². The van der Waals surface area contributed by atoms with E-state index in [1.165, 1.54) is 18.3 Å². The number of nitrogens with zero attached hydrogens (tertiary/aromatic N) is 1. The zero-order valence-corrected chi connectivity index (χ0v) is 14.3. The van der Waals surface area contributed by atoms with E-state index < -0.39 is 11.6 Å². The molecule has 0 bridgehead atoms. The second-order valence-electron chi connectivity index (χ2n) is 5.91. The van der Waals surface area contributed by atoms with E-state index >= 15 is 0 Å². The Labute approximate surface area is 149 Å². The lowest BCUT2D eigenvalue weighted by atomic mass is 10.1. The summed E-state index contributed by atoms with van der Waals surface area (Å²) >= 11 is 0.